The van der Waals surface area contributed by atoms with E-state index in [9.17, 15) is 23.1 Å². The predicted molar refractivity (Wildman–Crippen MR) is 77.7 cm³/mol. The number of carbonyl (C=O) groups is 2. The van der Waals surface area contributed by atoms with Crippen molar-refractivity contribution in [2.24, 2.45) is 0 Å². The Morgan fingerprint density at radius 2 is 1.81 bits per heavy atom. The van der Waals surface area contributed by atoms with E-state index < -0.39 is 21.5 Å². The van der Waals surface area contributed by atoms with E-state index in [2.05, 4.69) is 4.72 Å². The zero-order valence-corrected chi connectivity index (χ0v) is 13.0. The van der Waals surface area contributed by atoms with Gasteiger partial charge in [0.05, 0.1) is 4.90 Å². The fourth-order valence-corrected chi connectivity index (χ4v) is 3.49. The number of carboxylic acid groups (broad SMARTS) is 1. The first-order chi connectivity index (χ1) is 9.68. The quantitative estimate of drug-likeness (QED) is 0.748. The number of rotatable bonds is 7. The second-order valence-electron chi connectivity index (χ2n) is 4.78. The number of hydrogen-bond acceptors (Lipinski definition) is 4. The number of benzene rings is 1. The third kappa shape index (κ3) is 3.68. The van der Waals surface area contributed by atoms with Crippen LogP contribution in [-0.2, 0) is 14.8 Å². The van der Waals surface area contributed by atoms with E-state index in [-0.39, 0.29) is 29.1 Å². The lowest BCUT2D eigenvalue weighted by Crippen LogP contribution is -2.53. The maximum Gasteiger partial charge on any atom is 0.324 e. The molecule has 0 saturated carbocycles. The van der Waals surface area contributed by atoms with Gasteiger partial charge in [0.15, 0.2) is 5.78 Å². The van der Waals surface area contributed by atoms with Crippen LogP contribution in [-0.4, -0.2) is 30.8 Å². The van der Waals surface area contributed by atoms with Gasteiger partial charge in [0.2, 0.25) is 10.0 Å². The molecule has 0 bridgehead atoms. The summed E-state index contributed by atoms with van der Waals surface area (Å²) in [5.41, 5.74) is -1.29. The standard InChI is InChI=1S/C14H19NO5S/c1-4-14(5-2,13(17)18)15-21(19,20)12-8-6-7-11(9-12)10(3)16/h6-9,15H,4-5H2,1-3H3,(H,17,18). The molecule has 0 aromatic heterocycles. The van der Waals surface area contributed by atoms with Crippen molar-refractivity contribution in [3.8, 4) is 0 Å². The van der Waals surface area contributed by atoms with Crippen molar-refractivity contribution in [1.29, 1.82) is 0 Å². The molecular formula is C14H19NO5S. The van der Waals surface area contributed by atoms with Crippen molar-refractivity contribution in [2.45, 2.75) is 44.0 Å². The van der Waals surface area contributed by atoms with Gasteiger partial charge in [0.1, 0.15) is 5.54 Å². The molecule has 0 atom stereocenters. The first kappa shape index (κ1) is 17.3. The molecule has 1 aromatic rings. The van der Waals surface area contributed by atoms with Crippen molar-refractivity contribution in [3.05, 3.63) is 29.8 Å². The molecule has 0 aliphatic heterocycles. The number of ketones is 1. The van der Waals surface area contributed by atoms with Crippen molar-refractivity contribution in [2.75, 3.05) is 0 Å². The van der Waals surface area contributed by atoms with Crippen LogP contribution >= 0.6 is 0 Å². The van der Waals surface area contributed by atoms with Gasteiger partial charge in [0.25, 0.3) is 0 Å². The van der Waals surface area contributed by atoms with E-state index in [0.29, 0.717) is 0 Å². The monoisotopic (exact) mass is 313 g/mol. The van der Waals surface area contributed by atoms with Crippen molar-refractivity contribution >= 4 is 21.8 Å². The number of carbonyl (C=O) groups excluding carboxylic acids is 1. The first-order valence-electron chi connectivity index (χ1n) is 6.57. The lowest BCUT2D eigenvalue weighted by molar-refractivity contribution is -0.144. The second kappa shape index (κ2) is 6.36. The molecule has 0 fully saturated rings. The molecule has 1 rings (SSSR count). The number of aliphatic carboxylic acids is 1. The van der Waals surface area contributed by atoms with Crippen LogP contribution in [0, 0.1) is 0 Å². The SMILES string of the molecule is CCC(CC)(NS(=O)(=O)c1cccc(C(C)=O)c1)C(=O)O. The molecule has 6 nitrogen and oxygen atoms in total. The van der Waals surface area contributed by atoms with E-state index in [1.54, 1.807) is 13.8 Å². The Bertz CT molecular complexity index is 647. The topological polar surface area (TPSA) is 101 Å². The molecule has 1 aromatic carbocycles. The molecule has 0 amide bonds. The summed E-state index contributed by atoms with van der Waals surface area (Å²) in [6.07, 6.45) is 0.231. The fraction of sp³-hybridized carbons (Fsp3) is 0.429. The van der Waals surface area contributed by atoms with E-state index >= 15 is 0 Å². The predicted octanol–water partition coefficient (Wildman–Crippen LogP) is 1.81. The summed E-state index contributed by atoms with van der Waals surface area (Å²) in [4.78, 5) is 22.6. The normalized spacial score (nSPS) is 12.1. The van der Waals surface area contributed by atoms with E-state index in [0.717, 1.165) is 0 Å². The third-order valence-electron chi connectivity index (χ3n) is 3.50. The molecule has 116 valence electrons. The number of hydrogen-bond donors (Lipinski definition) is 2. The van der Waals surface area contributed by atoms with Crippen molar-refractivity contribution in [1.82, 2.24) is 4.72 Å². The van der Waals surface area contributed by atoms with Crippen LogP contribution < -0.4 is 4.72 Å². The van der Waals surface area contributed by atoms with Gasteiger partial charge >= 0.3 is 5.97 Å². The average molecular weight is 313 g/mol. The van der Waals surface area contributed by atoms with Gasteiger partial charge in [0, 0.05) is 5.56 Å². The molecule has 7 heteroatoms. The molecule has 0 heterocycles. The minimum absolute atomic E-state index is 0.116. The summed E-state index contributed by atoms with van der Waals surface area (Å²) in [6.45, 7) is 4.54. The number of carboxylic acids is 1. The summed E-state index contributed by atoms with van der Waals surface area (Å²) in [5, 5.41) is 9.30. The van der Waals surface area contributed by atoms with Gasteiger partial charge in [-0.15, -0.1) is 0 Å². The Balaban J connectivity index is 3.26. The Hall–Kier alpha value is -1.73. The molecule has 21 heavy (non-hydrogen) atoms. The average Bonchev–Trinajstić information content (AvgIpc) is 2.44. The highest BCUT2D eigenvalue weighted by Gasteiger charge is 2.39. The largest absolute Gasteiger partial charge is 0.480 e. The van der Waals surface area contributed by atoms with Crippen LogP contribution in [0.1, 0.15) is 44.0 Å². The number of nitrogens with one attached hydrogen (secondary N) is 1. The lowest BCUT2D eigenvalue weighted by atomic mass is 9.95. The molecule has 0 radical (unpaired) electrons. The van der Waals surface area contributed by atoms with Gasteiger partial charge in [-0.1, -0.05) is 26.0 Å². The summed E-state index contributed by atoms with van der Waals surface area (Å²) in [5.74, 6) is -1.48. The summed E-state index contributed by atoms with van der Waals surface area (Å²) in [7, 11) is -4.03. The Kier molecular flexibility index (Phi) is 5.25. The maximum absolute atomic E-state index is 12.4. The highest BCUT2D eigenvalue weighted by Crippen LogP contribution is 2.21. The Labute approximate surface area is 124 Å². The zero-order valence-electron chi connectivity index (χ0n) is 12.2. The smallest absolute Gasteiger partial charge is 0.324 e. The van der Waals surface area contributed by atoms with Crippen LogP contribution in [0.3, 0.4) is 0 Å². The molecule has 0 aliphatic carbocycles. The maximum atomic E-state index is 12.4. The number of Topliss-reactive ketones (excluding diaryl/α,β-unsaturated/α-hetero) is 1. The molecule has 2 N–H and O–H groups in total. The van der Waals surface area contributed by atoms with Crippen LogP contribution in [0.25, 0.3) is 0 Å². The van der Waals surface area contributed by atoms with Crippen LogP contribution in [0.4, 0.5) is 0 Å². The summed E-state index contributed by atoms with van der Waals surface area (Å²) >= 11 is 0. The van der Waals surface area contributed by atoms with Gasteiger partial charge < -0.3 is 5.11 Å². The van der Waals surface area contributed by atoms with E-state index in [4.69, 9.17) is 0 Å². The fourth-order valence-electron chi connectivity index (χ4n) is 1.94. The Morgan fingerprint density at radius 1 is 1.24 bits per heavy atom. The minimum atomic E-state index is -4.03. The minimum Gasteiger partial charge on any atom is -0.480 e. The van der Waals surface area contributed by atoms with Crippen LogP contribution in [0.2, 0.25) is 0 Å². The van der Waals surface area contributed by atoms with Gasteiger partial charge in [-0.25, -0.2) is 8.42 Å². The Morgan fingerprint density at radius 3 is 2.24 bits per heavy atom. The molecule has 0 aliphatic rings. The first-order valence-corrected chi connectivity index (χ1v) is 8.05. The van der Waals surface area contributed by atoms with Gasteiger partial charge in [-0.2, -0.15) is 4.72 Å². The lowest BCUT2D eigenvalue weighted by Gasteiger charge is -2.27. The van der Waals surface area contributed by atoms with E-state index in [1.165, 1.54) is 31.2 Å². The molecule has 0 spiro atoms. The van der Waals surface area contributed by atoms with E-state index in [1.807, 2.05) is 0 Å². The van der Waals surface area contributed by atoms with Crippen molar-refractivity contribution < 1.29 is 23.1 Å². The van der Waals surface area contributed by atoms with Gasteiger partial charge in [-0.3, -0.25) is 9.59 Å². The highest BCUT2D eigenvalue weighted by atomic mass is 32.2. The van der Waals surface area contributed by atoms with Gasteiger partial charge in [-0.05, 0) is 31.9 Å². The van der Waals surface area contributed by atoms with Crippen molar-refractivity contribution in [3.63, 3.8) is 0 Å². The molecular weight excluding hydrogens is 294 g/mol. The third-order valence-corrected chi connectivity index (χ3v) is 5.03. The summed E-state index contributed by atoms with van der Waals surface area (Å²) in [6, 6.07) is 5.52. The zero-order chi connectivity index (χ0) is 16.3. The number of sulfonamides is 1. The van der Waals surface area contributed by atoms with Crippen LogP contribution in [0.15, 0.2) is 29.2 Å². The molecule has 0 unspecified atom stereocenters. The second-order valence-corrected chi connectivity index (χ2v) is 6.47. The summed E-state index contributed by atoms with van der Waals surface area (Å²) < 4.78 is 27.0. The van der Waals surface area contributed by atoms with Crippen LogP contribution in [0.5, 0.6) is 0 Å². The highest BCUT2D eigenvalue weighted by molar-refractivity contribution is 7.89. The molecule has 0 saturated heterocycles.